The third-order valence-electron chi connectivity index (χ3n) is 2.69. The number of nitrogens with zero attached hydrogens (tertiary/aromatic N) is 1. The second kappa shape index (κ2) is 4.76. The van der Waals surface area contributed by atoms with Crippen LogP contribution in [0.1, 0.15) is 28.4 Å². The van der Waals surface area contributed by atoms with Gasteiger partial charge < -0.3 is 5.32 Å². The Bertz CT molecular complexity index is 463. The van der Waals surface area contributed by atoms with Crippen molar-refractivity contribution in [2.45, 2.75) is 19.9 Å². The molecular weight excluding hydrogens is 216 g/mol. The molecule has 0 aliphatic carbocycles. The molecule has 0 spiro atoms. The van der Waals surface area contributed by atoms with Gasteiger partial charge in [-0.3, -0.25) is 4.98 Å². The molecule has 3 heteroatoms. The number of rotatable bonds is 3. The molecule has 0 fully saturated rings. The highest BCUT2D eigenvalue weighted by molar-refractivity contribution is 7.08. The molecule has 2 rings (SSSR count). The molecule has 1 N–H and O–H groups in total. The second-order valence-corrected chi connectivity index (χ2v) is 4.77. The molecule has 2 nitrogen and oxygen atoms in total. The van der Waals surface area contributed by atoms with Gasteiger partial charge in [0.2, 0.25) is 0 Å². The summed E-state index contributed by atoms with van der Waals surface area (Å²) in [7, 11) is 1.98. The van der Waals surface area contributed by atoms with E-state index in [4.69, 9.17) is 0 Å². The Kier molecular flexibility index (Phi) is 3.36. The maximum atomic E-state index is 4.55. The van der Waals surface area contributed by atoms with Crippen molar-refractivity contribution >= 4 is 11.3 Å². The molecule has 84 valence electrons. The van der Waals surface area contributed by atoms with Crippen molar-refractivity contribution in [2.24, 2.45) is 0 Å². The Labute approximate surface area is 100 Å². The van der Waals surface area contributed by atoms with E-state index < -0.39 is 0 Å². The average Bonchev–Trinajstić information content (AvgIpc) is 2.75. The topological polar surface area (TPSA) is 24.9 Å². The third-order valence-corrected chi connectivity index (χ3v) is 3.40. The van der Waals surface area contributed by atoms with E-state index in [1.54, 1.807) is 11.3 Å². The summed E-state index contributed by atoms with van der Waals surface area (Å²) < 4.78 is 0. The minimum Gasteiger partial charge on any atom is -0.308 e. The van der Waals surface area contributed by atoms with Gasteiger partial charge in [0.15, 0.2) is 0 Å². The molecule has 1 atom stereocenters. The minimum atomic E-state index is 0.201. The average molecular weight is 232 g/mol. The first-order chi connectivity index (χ1) is 7.72. The number of hydrogen-bond donors (Lipinski definition) is 1. The summed E-state index contributed by atoms with van der Waals surface area (Å²) in [6.07, 6.45) is 1.93. The van der Waals surface area contributed by atoms with Crippen LogP contribution in [0, 0.1) is 13.8 Å². The lowest BCUT2D eigenvalue weighted by atomic mass is 10.0. The highest BCUT2D eigenvalue weighted by atomic mass is 32.1. The van der Waals surface area contributed by atoms with E-state index in [2.05, 4.69) is 47.0 Å². The molecule has 0 aliphatic heterocycles. The van der Waals surface area contributed by atoms with E-state index >= 15 is 0 Å². The van der Waals surface area contributed by atoms with Gasteiger partial charge in [-0.2, -0.15) is 11.3 Å². The van der Waals surface area contributed by atoms with E-state index in [0.29, 0.717) is 0 Å². The normalized spacial score (nSPS) is 12.7. The number of nitrogens with one attached hydrogen (secondary N) is 1. The highest BCUT2D eigenvalue weighted by Gasteiger charge is 2.15. The molecule has 0 saturated carbocycles. The Hall–Kier alpha value is -1.19. The van der Waals surface area contributed by atoms with Crippen molar-refractivity contribution < 1.29 is 0 Å². The van der Waals surface area contributed by atoms with Crippen LogP contribution in [0.2, 0.25) is 0 Å². The van der Waals surface area contributed by atoms with Crippen molar-refractivity contribution in [2.75, 3.05) is 7.05 Å². The van der Waals surface area contributed by atoms with Crippen molar-refractivity contribution in [1.82, 2.24) is 10.3 Å². The molecule has 1 unspecified atom stereocenters. The predicted octanol–water partition coefficient (Wildman–Crippen LogP) is 3.07. The molecule has 0 aliphatic rings. The van der Waals surface area contributed by atoms with Gasteiger partial charge in [0, 0.05) is 6.20 Å². The smallest absolute Gasteiger partial charge is 0.0759 e. The standard InChI is InChI=1S/C13H16N2S/c1-9-6-10(2)12(15-7-9)13(14-3)11-4-5-16-8-11/h4-8,13-14H,1-3H3. The Morgan fingerprint density at radius 3 is 2.75 bits per heavy atom. The van der Waals surface area contributed by atoms with Gasteiger partial charge in [0.1, 0.15) is 0 Å². The summed E-state index contributed by atoms with van der Waals surface area (Å²) in [6, 6.07) is 4.53. The zero-order chi connectivity index (χ0) is 11.5. The van der Waals surface area contributed by atoms with Crippen molar-refractivity contribution in [3.05, 3.63) is 51.5 Å². The van der Waals surface area contributed by atoms with E-state index in [1.807, 2.05) is 13.2 Å². The highest BCUT2D eigenvalue weighted by Crippen LogP contribution is 2.24. The lowest BCUT2D eigenvalue weighted by molar-refractivity contribution is 0.667. The Morgan fingerprint density at radius 2 is 2.19 bits per heavy atom. The van der Waals surface area contributed by atoms with E-state index in [-0.39, 0.29) is 6.04 Å². The largest absolute Gasteiger partial charge is 0.308 e. The molecule has 2 aromatic heterocycles. The van der Waals surface area contributed by atoms with Crippen molar-refractivity contribution in [3.8, 4) is 0 Å². The minimum absolute atomic E-state index is 0.201. The number of aryl methyl sites for hydroxylation is 2. The number of pyridine rings is 1. The first-order valence-corrected chi connectivity index (χ1v) is 6.29. The molecule has 2 heterocycles. The number of hydrogen-bond acceptors (Lipinski definition) is 3. The third kappa shape index (κ3) is 2.15. The zero-order valence-electron chi connectivity index (χ0n) is 9.82. The lowest BCUT2D eigenvalue weighted by Gasteiger charge is -2.17. The molecular formula is C13H16N2S. The summed E-state index contributed by atoms with van der Waals surface area (Å²) >= 11 is 1.72. The van der Waals surface area contributed by atoms with Gasteiger partial charge in [-0.25, -0.2) is 0 Å². The van der Waals surface area contributed by atoms with Crippen LogP contribution in [0.4, 0.5) is 0 Å². The van der Waals surface area contributed by atoms with Gasteiger partial charge in [-0.05, 0) is 54.4 Å². The summed E-state index contributed by atoms with van der Waals surface area (Å²) in [5.74, 6) is 0. The molecule has 0 amide bonds. The first kappa shape index (κ1) is 11.3. The summed E-state index contributed by atoms with van der Waals surface area (Å²) in [6.45, 7) is 4.19. The molecule has 2 aromatic rings. The fraction of sp³-hybridized carbons (Fsp3) is 0.308. The Balaban J connectivity index is 2.41. The first-order valence-electron chi connectivity index (χ1n) is 5.35. The predicted molar refractivity (Wildman–Crippen MR) is 68.9 cm³/mol. The van der Waals surface area contributed by atoms with Crippen LogP contribution in [0.15, 0.2) is 29.1 Å². The van der Waals surface area contributed by atoms with Crippen LogP contribution < -0.4 is 5.32 Å². The van der Waals surface area contributed by atoms with Crippen molar-refractivity contribution in [3.63, 3.8) is 0 Å². The summed E-state index contributed by atoms with van der Waals surface area (Å²) in [5, 5.41) is 7.59. The lowest BCUT2D eigenvalue weighted by Crippen LogP contribution is -2.19. The molecule has 16 heavy (non-hydrogen) atoms. The second-order valence-electron chi connectivity index (χ2n) is 3.99. The van der Waals surface area contributed by atoms with Gasteiger partial charge >= 0.3 is 0 Å². The fourth-order valence-corrected chi connectivity index (χ4v) is 2.61. The van der Waals surface area contributed by atoms with Gasteiger partial charge in [0.05, 0.1) is 11.7 Å². The Morgan fingerprint density at radius 1 is 1.38 bits per heavy atom. The van der Waals surface area contributed by atoms with Crippen molar-refractivity contribution in [1.29, 1.82) is 0 Å². The summed E-state index contributed by atoms with van der Waals surface area (Å²) in [4.78, 5) is 4.55. The maximum absolute atomic E-state index is 4.55. The molecule has 0 bridgehead atoms. The summed E-state index contributed by atoms with van der Waals surface area (Å²) in [5.41, 5.74) is 4.85. The van der Waals surface area contributed by atoms with Gasteiger partial charge in [-0.1, -0.05) is 6.07 Å². The van der Waals surface area contributed by atoms with Crippen LogP contribution in [-0.2, 0) is 0 Å². The van der Waals surface area contributed by atoms with Crippen LogP contribution in [0.25, 0.3) is 0 Å². The molecule has 0 saturated heterocycles. The zero-order valence-corrected chi connectivity index (χ0v) is 10.6. The number of aromatic nitrogens is 1. The van der Waals surface area contributed by atoms with Crippen LogP contribution >= 0.6 is 11.3 Å². The number of thiophene rings is 1. The van der Waals surface area contributed by atoms with Crippen LogP contribution in [-0.4, -0.2) is 12.0 Å². The van der Waals surface area contributed by atoms with E-state index in [0.717, 1.165) is 5.69 Å². The molecule has 0 radical (unpaired) electrons. The SMILES string of the molecule is CNC(c1ccsc1)c1ncc(C)cc1C. The van der Waals surface area contributed by atoms with Crippen LogP contribution in [0.5, 0.6) is 0 Å². The van der Waals surface area contributed by atoms with Gasteiger partial charge in [0.25, 0.3) is 0 Å². The van der Waals surface area contributed by atoms with Gasteiger partial charge in [-0.15, -0.1) is 0 Å². The quantitative estimate of drug-likeness (QED) is 0.879. The fourth-order valence-electron chi connectivity index (χ4n) is 1.93. The van der Waals surface area contributed by atoms with Crippen LogP contribution in [0.3, 0.4) is 0 Å². The van der Waals surface area contributed by atoms with E-state index in [1.165, 1.54) is 16.7 Å². The molecule has 0 aromatic carbocycles. The monoisotopic (exact) mass is 232 g/mol. The van der Waals surface area contributed by atoms with E-state index in [9.17, 15) is 0 Å². The maximum Gasteiger partial charge on any atom is 0.0759 e.